The molecule has 0 saturated carbocycles. The zero-order valence-electron chi connectivity index (χ0n) is 18.5. The fourth-order valence-electron chi connectivity index (χ4n) is 3.83. The number of anilines is 1. The van der Waals surface area contributed by atoms with Gasteiger partial charge in [0.15, 0.2) is 11.5 Å². The Morgan fingerprint density at radius 1 is 1.06 bits per heavy atom. The molecule has 0 radical (unpaired) electrons. The predicted octanol–water partition coefficient (Wildman–Crippen LogP) is 3.37. The Balaban J connectivity index is 1.30. The van der Waals surface area contributed by atoms with Crippen LogP contribution in [0.5, 0.6) is 11.5 Å². The molecule has 7 nitrogen and oxygen atoms in total. The number of amides is 2. The first-order valence-electron chi connectivity index (χ1n) is 10.7. The second-order valence-electron chi connectivity index (χ2n) is 8.73. The summed E-state index contributed by atoms with van der Waals surface area (Å²) in [6.07, 6.45) is 0. The average Bonchev–Trinajstić information content (AvgIpc) is 3.26. The predicted molar refractivity (Wildman–Crippen MR) is 120 cm³/mol. The standard InChI is InChI=1S/C24H31N3O4/c1-24(2,19-6-9-21-22(14-19)31-17-30-21)16-25-23(28)26(3)15-18-4-7-20(8-5-18)27-10-12-29-13-11-27/h4-9,14H,10-13,15-17H2,1-3H3,(H,25,28). The fraction of sp³-hybridized carbons (Fsp3) is 0.458. The minimum atomic E-state index is -0.239. The second-order valence-corrected chi connectivity index (χ2v) is 8.73. The van der Waals surface area contributed by atoms with Gasteiger partial charge in [-0.05, 0) is 35.4 Å². The highest BCUT2D eigenvalue weighted by Gasteiger charge is 2.25. The van der Waals surface area contributed by atoms with Crippen molar-refractivity contribution in [2.75, 3.05) is 51.6 Å². The van der Waals surface area contributed by atoms with Crippen molar-refractivity contribution < 1.29 is 19.0 Å². The van der Waals surface area contributed by atoms with Crippen LogP contribution in [0.1, 0.15) is 25.0 Å². The zero-order chi connectivity index (χ0) is 21.8. The lowest BCUT2D eigenvalue weighted by atomic mass is 9.84. The number of morpholine rings is 1. The van der Waals surface area contributed by atoms with Gasteiger partial charge in [0.25, 0.3) is 0 Å². The molecule has 1 fully saturated rings. The molecular weight excluding hydrogens is 394 g/mol. The summed E-state index contributed by atoms with van der Waals surface area (Å²) in [6.45, 7) is 8.92. The van der Waals surface area contributed by atoms with Crippen LogP contribution in [-0.4, -0.2) is 57.6 Å². The Hall–Kier alpha value is -2.93. The molecule has 2 aromatic carbocycles. The number of fused-ring (bicyclic) bond motifs is 1. The van der Waals surface area contributed by atoms with Crippen molar-refractivity contribution in [3.8, 4) is 11.5 Å². The van der Waals surface area contributed by atoms with Crippen LogP contribution < -0.4 is 19.7 Å². The monoisotopic (exact) mass is 425 g/mol. The summed E-state index contributed by atoms with van der Waals surface area (Å²) in [5.74, 6) is 1.53. The number of carbonyl (C=O) groups is 1. The Morgan fingerprint density at radius 2 is 1.77 bits per heavy atom. The second kappa shape index (κ2) is 9.06. The SMILES string of the molecule is CN(Cc1ccc(N2CCOCC2)cc1)C(=O)NCC(C)(C)c1ccc2c(c1)OCO2. The minimum Gasteiger partial charge on any atom is -0.454 e. The van der Waals surface area contributed by atoms with Gasteiger partial charge in [-0.25, -0.2) is 4.79 Å². The number of hydrogen-bond acceptors (Lipinski definition) is 5. The molecule has 0 aliphatic carbocycles. The van der Waals surface area contributed by atoms with Gasteiger partial charge >= 0.3 is 6.03 Å². The fourth-order valence-corrected chi connectivity index (χ4v) is 3.83. The van der Waals surface area contributed by atoms with E-state index in [1.807, 2.05) is 25.2 Å². The van der Waals surface area contributed by atoms with Gasteiger partial charge in [0, 0.05) is 44.3 Å². The number of rotatable bonds is 6. The largest absolute Gasteiger partial charge is 0.454 e. The summed E-state index contributed by atoms with van der Waals surface area (Å²) in [7, 11) is 1.82. The number of carbonyl (C=O) groups excluding carboxylic acids is 1. The Morgan fingerprint density at radius 3 is 2.52 bits per heavy atom. The van der Waals surface area contributed by atoms with Gasteiger partial charge in [-0.1, -0.05) is 32.0 Å². The van der Waals surface area contributed by atoms with Crippen molar-refractivity contribution in [3.63, 3.8) is 0 Å². The van der Waals surface area contributed by atoms with Gasteiger partial charge in [0.05, 0.1) is 13.2 Å². The van der Waals surface area contributed by atoms with Crippen molar-refractivity contribution in [2.45, 2.75) is 25.8 Å². The van der Waals surface area contributed by atoms with Crippen molar-refractivity contribution in [2.24, 2.45) is 0 Å². The van der Waals surface area contributed by atoms with Crippen LogP contribution in [0.2, 0.25) is 0 Å². The van der Waals surface area contributed by atoms with Crippen LogP contribution in [-0.2, 0) is 16.7 Å². The van der Waals surface area contributed by atoms with E-state index in [4.69, 9.17) is 14.2 Å². The van der Waals surface area contributed by atoms with Crippen LogP contribution in [0.4, 0.5) is 10.5 Å². The van der Waals surface area contributed by atoms with Crippen molar-refractivity contribution in [1.82, 2.24) is 10.2 Å². The first-order valence-corrected chi connectivity index (χ1v) is 10.7. The Kier molecular flexibility index (Phi) is 6.23. The van der Waals surface area contributed by atoms with Gasteiger partial charge in [0.1, 0.15) is 0 Å². The van der Waals surface area contributed by atoms with Crippen molar-refractivity contribution in [1.29, 1.82) is 0 Å². The van der Waals surface area contributed by atoms with Gasteiger partial charge in [0.2, 0.25) is 6.79 Å². The summed E-state index contributed by atoms with van der Waals surface area (Å²) in [6, 6.07) is 14.3. The molecule has 2 heterocycles. The molecule has 0 bridgehead atoms. The third kappa shape index (κ3) is 5.05. The van der Waals surface area contributed by atoms with E-state index in [2.05, 4.69) is 48.3 Å². The molecule has 1 saturated heterocycles. The molecule has 0 atom stereocenters. The van der Waals surface area contributed by atoms with E-state index in [1.54, 1.807) is 4.90 Å². The molecule has 2 aliphatic rings. The normalized spacial score (nSPS) is 15.6. The van der Waals surface area contributed by atoms with E-state index in [9.17, 15) is 4.79 Å². The molecule has 31 heavy (non-hydrogen) atoms. The van der Waals surface area contributed by atoms with E-state index in [0.717, 1.165) is 48.9 Å². The summed E-state index contributed by atoms with van der Waals surface area (Å²) in [5, 5.41) is 3.07. The maximum Gasteiger partial charge on any atom is 0.317 e. The zero-order valence-corrected chi connectivity index (χ0v) is 18.5. The lowest BCUT2D eigenvalue weighted by Gasteiger charge is -2.29. The lowest BCUT2D eigenvalue weighted by Crippen LogP contribution is -2.42. The highest BCUT2D eigenvalue weighted by atomic mass is 16.7. The molecule has 0 unspecified atom stereocenters. The topological polar surface area (TPSA) is 63.3 Å². The number of hydrogen-bond donors (Lipinski definition) is 1. The molecule has 2 aliphatic heterocycles. The summed E-state index contributed by atoms with van der Waals surface area (Å²) in [5.41, 5.74) is 3.16. The highest BCUT2D eigenvalue weighted by Crippen LogP contribution is 2.36. The van der Waals surface area contributed by atoms with Crippen LogP contribution in [0.25, 0.3) is 0 Å². The number of benzene rings is 2. The average molecular weight is 426 g/mol. The van der Waals surface area contributed by atoms with Gasteiger partial charge < -0.3 is 29.3 Å². The van der Waals surface area contributed by atoms with Crippen LogP contribution in [0.3, 0.4) is 0 Å². The van der Waals surface area contributed by atoms with Crippen molar-refractivity contribution in [3.05, 3.63) is 53.6 Å². The minimum absolute atomic E-state index is 0.0916. The summed E-state index contributed by atoms with van der Waals surface area (Å²) in [4.78, 5) is 16.7. The number of nitrogens with zero attached hydrogens (tertiary/aromatic N) is 2. The molecule has 2 aromatic rings. The van der Waals surface area contributed by atoms with Crippen LogP contribution >= 0.6 is 0 Å². The third-order valence-corrected chi connectivity index (χ3v) is 5.91. The molecule has 2 amide bonds. The van der Waals surface area contributed by atoms with Crippen LogP contribution in [0, 0.1) is 0 Å². The third-order valence-electron chi connectivity index (χ3n) is 5.91. The lowest BCUT2D eigenvalue weighted by molar-refractivity contribution is 0.122. The van der Waals surface area contributed by atoms with Crippen molar-refractivity contribution >= 4 is 11.7 Å². The Bertz CT molecular complexity index is 908. The molecule has 0 spiro atoms. The maximum atomic E-state index is 12.7. The van der Waals surface area contributed by atoms with E-state index in [0.29, 0.717) is 13.1 Å². The van der Waals surface area contributed by atoms with Gasteiger partial charge in [-0.2, -0.15) is 0 Å². The molecular formula is C24H31N3O4. The highest BCUT2D eigenvalue weighted by molar-refractivity contribution is 5.74. The Labute approximate surface area is 183 Å². The number of urea groups is 1. The number of ether oxygens (including phenoxy) is 3. The van der Waals surface area contributed by atoms with E-state index >= 15 is 0 Å². The first kappa shape index (κ1) is 21.3. The van der Waals surface area contributed by atoms with E-state index < -0.39 is 0 Å². The smallest absolute Gasteiger partial charge is 0.317 e. The van der Waals surface area contributed by atoms with Crippen LogP contribution in [0.15, 0.2) is 42.5 Å². The molecule has 0 aromatic heterocycles. The number of nitrogens with one attached hydrogen (secondary N) is 1. The summed E-state index contributed by atoms with van der Waals surface area (Å²) < 4.78 is 16.3. The quantitative estimate of drug-likeness (QED) is 0.769. The molecule has 1 N–H and O–H groups in total. The van der Waals surface area contributed by atoms with Gasteiger partial charge in [-0.3, -0.25) is 0 Å². The van der Waals surface area contributed by atoms with E-state index in [-0.39, 0.29) is 18.2 Å². The first-order chi connectivity index (χ1) is 14.9. The molecule has 4 rings (SSSR count). The maximum absolute atomic E-state index is 12.7. The molecule has 7 heteroatoms. The van der Waals surface area contributed by atoms with E-state index in [1.165, 1.54) is 5.69 Å². The van der Waals surface area contributed by atoms with Gasteiger partial charge in [-0.15, -0.1) is 0 Å². The summed E-state index contributed by atoms with van der Waals surface area (Å²) >= 11 is 0. The molecule has 166 valence electrons.